The lowest BCUT2D eigenvalue weighted by Gasteiger charge is -2.24. The average Bonchev–Trinajstić information content (AvgIpc) is 2.28. The molecule has 0 aliphatic carbocycles. The molecule has 0 spiro atoms. The van der Waals surface area contributed by atoms with Gasteiger partial charge in [-0.15, -0.1) is 0 Å². The van der Waals surface area contributed by atoms with E-state index >= 15 is 0 Å². The van der Waals surface area contributed by atoms with Crippen LogP contribution < -0.4 is 0 Å². The summed E-state index contributed by atoms with van der Waals surface area (Å²) in [7, 11) is 1.59. The lowest BCUT2D eigenvalue weighted by Crippen LogP contribution is -2.36. The fourth-order valence-corrected chi connectivity index (χ4v) is 2.04. The highest BCUT2D eigenvalue weighted by atomic mass is 16.5. The van der Waals surface area contributed by atoms with Crippen molar-refractivity contribution in [2.75, 3.05) is 33.4 Å². The zero-order valence-corrected chi connectivity index (χ0v) is 9.78. The number of nitrogens with zero attached hydrogens (tertiary/aromatic N) is 1. The Morgan fingerprint density at radius 2 is 2.13 bits per heavy atom. The third-order valence-electron chi connectivity index (χ3n) is 2.98. The second-order valence-electron chi connectivity index (χ2n) is 4.76. The molecule has 1 aliphatic rings. The number of methoxy groups -OCH3 is 1. The Kier molecular flexibility index (Phi) is 4.99. The molecule has 15 heavy (non-hydrogen) atoms. The number of aliphatic hydroxyl groups is 2. The first-order chi connectivity index (χ1) is 7.03. The molecule has 0 radical (unpaired) electrons. The summed E-state index contributed by atoms with van der Waals surface area (Å²) in [6.45, 7) is 4.73. The van der Waals surface area contributed by atoms with E-state index in [4.69, 9.17) is 4.74 Å². The Bertz CT molecular complexity index is 185. The van der Waals surface area contributed by atoms with Crippen molar-refractivity contribution in [3.8, 4) is 0 Å². The molecule has 2 atom stereocenters. The lowest BCUT2D eigenvalue weighted by atomic mass is 9.98. The smallest absolute Gasteiger partial charge is 0.0900 e. The number of β-amino-alcohol motifs (C(OH)–C–C–N with tert-alkyl or cyclic N) is 1. The molecule has 1 aliphatic heterocycles. The third-order valence-corrected chi connectivity index (χ3v) is 2.98. The number of hydrogen-bond donors (Lipinski definition) is 2. The summed E-state index contributed by atoms with van der Waals surface area (Å²) < 4.78 is 4.89. The van der Waals surface area contributed by atoms with Crippen LogP contribution in [0.3, 0.4) is 0 Å². The van der Waals surface area contributed by atoms with Crippen LogP contribution in [0.4, 0.5) is 0 Å². The average molecular weight is 217 g/mol. The van der Waals surface area contributed by atoms with Crippen LogP contribution >= 0.6 is 0 Å². The maximum Gasteiger partial charge on any atom is 0.0900 e. The first kappa shape index (κ1) is 12.9. The van der Waals surface area contributed by atoms with Gasteiger partial charge in [0.25, 0.3) is 0 Å². The summed E-state index contributed by atoms with van der Waals surface area (Å²) in [5, 5.41) is 19.5. The topological polar surface area (TPSA) is 52.9 Å². The standard InChI is InChI=1S/C11H23NO3/c1-11(14)4-3-6-12(7-5-11)8-10(13)9-15-2/h10,13-14H,3-9H2,1-2H3. The molecule has 2 unspecified atom stereocenters. The van der Waals surface area contributed by atoms with E-state index in [-0.39, 0.29) is 0 Å². The first-order valence-electron chi connectivity index (χ1n) is 5.65. The van der Waals surface area contributed by atoms with Gasteiger partial charge in [0.2, 0.25) is 0 Å². The van der Waals surface area contributed by atoms with Gasteiger partial charge in [-0.05, 0) is 32.7 Å². The van der Waals surface area contributed by atoms with Gasteiger partial charge in [0, 0.05) is 20.2 Å². The molecule has 1 heterocycles. The van der Waals surface area contributed by atoms with Crippen molar-refractivity contribution in [3.05, 3.63) is 0 Å². The molecule has 1 saturated heterocycles. The normalized spacial score (nSPS) is 31.2. The quantitative estimate of drug-likeness (QED) is 0.708. The lowest BCUT2D eigenvalue weighted by molar-refractivity contribution is 0.0288. The summed E-state index contributed by atoms with van der Waals surface area (Å²) in [5.41, 5.74) is -0.527. The number of hydrogen-bond acceptors (Lipinski definition) is 4. The molecular formula is C11H23NO3. The van der Waals surface area contributed by atoms with Crippen LogP contribution in [0, 0.1) is 0 Å². The molecule has 1 rings (SSSR count). The first-order valence-corrected chi connectivity index (χ1v) is 5.65. The fourth-order valence-electron chi connectivity index (χ4n) is 2.04. The Labute approximate surface area is 91.8 Å². The SMILES string of the molecule is COCC(O)CN1CCCC(C)(O)CC1. The Balaban J connectivity index is 2.31. The monoisotopic (exact) mass is 217 g/mol. The van der Waals surface area contributed by atoms with Gasteiger partial charge >= 0.3 is 0 Å². The fraction of sp³-hybridized carbons (Fsp3) is 1.00. The maximum absolute atomic E-state index is 9.90. The van der Waals surface area contributed by atoms with Crippen molar-refractivity contribution in [2.24, 2.45) is 0 Å². The molecule has 4 heteroatoms. The number of aliphatic hydroxyl groups excluding tert-OH is 1. The summed E-state index contributed by atoms with van der Waals surface area (Å²) >= 11 is 0. The minimum Gasteiger partial charge on any atom is -0.390 e. The molecule has 0 saturated carbocycles. The number of ether oxygens (including phenoxy) is 1. The highest BCUT2D eigenvalue weighted by Gasteiger charge is 2.25. The van der Waals surface area contributed by atoms with E-state index < -0.39 is 11.7 Å². The van der Waals surface area contributed by atoms with Gasteiger partial charge in [-0.1, -0.05) is 0 Å². The van der Waals surface area contributed by atoms with Gasteiger partial charge in [-0.3, -0.25) is 0 Å². The third kappa shape index (κ3) is 4.93. The second kappa shape index (κ2) is 5.80. The van der Waals surface area contributed by atoms with Crippen LogP contribution in [-0.4, -0.2) is 60.2 Å². The van der Waals surface area contributed by atoms with Gasteiger partial charge in [0.1, 0.15) is 0 Å². The highest BCUT2D eigenvalue weighted by Crippen LogP contribution is 2.21. The Hall–Kier alpha value is -0.160. The maximum atomic E-state index is 9.90. The van der Waals surface area contributed by atoms with Crippen molar-refractivity contribution < 1.29 is 14.9 Å². The molecule has 0 aromatic carbocycles. The Morgan fingerprint density at radius 3 is 2.80 bits per heavy atom. The Morgan fingerprint density at radius 1 is 1.40 bits per heavy atom. The van der Waals surface area contributed by atoms with Crippen molar-refractivity contribution in [1.29, 1.82) is 0 Å². The van der Waals surface area contributed by atoms with Gasteiger partial charge in [0.05, 0.1) is 18.3 Å². The van der Waals surface area contributed by atoms with E-state index in [1.165, 1.54) is 0 Å². The summed E-state index contributed by atoms with van der Waals surface area (Å²) in [6.07, 6.45) is 2.21. The van der Waals surface area contributed by atoms with Crippen LogP contribution in [0.5, 0.6) is 0 Å². The highest BCUT2D eigenvalue weighted by molar-refractivity contribution is 4.79. The summed E-state index contributed by atoms with van der Waals surface area (Å²) in [6, 6.07) is 0. The molecule has 0 aromatic heterocycles. The van der Waals surface area contributed by atoms with Crippen LogP contribution in [0.1, 0.15) is 26.2 Å². The molecule has 0 amide bonds. The largest absolute Gasteiger partial charge is 0.390 e. The van der Waals surface area contributed by atoms with Gasteiger partial charge < -0.3 is 19.8 Å². The van der Waals surface area contributed by atoms with Crippen molar-refractivity contribution in [1.82, 2.24) is 4.90 Å². The molecule has 1 fully saturated rings. The summed E-state index contributed by atoms with van der Waals surface area (Å²) in [5.74, 6) is 0. The van der Waals surface area contributed by atoms with E-state index in [1.54, 1.807) is 7.11 Å². The zero-order valence-electron chi connectivity index (χ0n) is 9.78. The second-order valence-corrected chi connectivity index (χ2v) is 4.76. The molecular weight excluding hydrogens is 194 g/mol. The van der Waals surface area contributed by atoms with Crippen molar-refractivity contribution >= 4 is 0 Å². The number of rotatable bonds is 4. The van der Waals surface area contributed by atoms with E-state index in [0.717, 1.165) is 32.4 Å². The van der Waals surface area contributed by atoms with Crippen LogP contribution in [-0.2, 0) is 4.74 Å². The van der Waals surface area contributed by atoms with Gasteiger partial charge in [0.15, 0.2) is 0 Å². The zero-order chi connectivity index (χ0) is 11.3. The van der Waals surface area contributed by atoms with Crippen molar-refractivity contribution in [2.45, 2.75) is 37.9 Å². The molecule has 2 N–H and O–H groups in total. The number of likely N-dealkylation sites (tertiary alicyclic amines) is 1. The molecule has 0 bridgehead atoms. The van der Waals surface area contributed by atoms with E-state index in [0.29, 0.717) is 13.2 Å². The predicted octanol–water partition coefficient (Wildman–Crippen LogP) is 0.231. The minimum absolute atomic E-state index is 0.382. The van der Waals surface area contributed by atoms with Gasteiger partial charge in [-0.2, -0.15) is 0 Å². The summed E-state index contributed by atoms with van der Waals surface area (Å²) in [4.78, 5) is 2.20. The van der Waals surface area contributed by atoms with Crippen LogP contribution in [0.2, 0.25) is 0 Å². The molecule has 90 valence electrons. The van der Waals surface area contributed by atoms with Crippen LogP contribution in [0.15, 0.2) is 0 Å². The molecule has 0 aromatic rings. The van der Waals surface area contributed by atoms with Gasteiger partial charge in [-0.25, -0.2) is 0 Å². The van der Waals surface area contributed by atoms with E-state index in [1.807, 2.05) is 6.92 Å². The van der Waals surface area contributed by atoms with Crippen molar-refractivity contribution in [3.63, 3.8) is 0 Å². The minimum atomic E-state index is -0.527. The van der Waals surface area contributed by atoms with E-state index in [2.05, 4.69) is 4.90 Å². The van der Waals surface area contributed by atoms with E-state index in [9.17, 15) is 10.2 Å². The molecule has 4 nitrogen and oxygen atoms in total. The van der Waals surface area contributed by atoms with Crippen LogP contribution in [0.25, 0.3) is 0 Å². The predicted molar refractivity (Wildman–Crippen MR) is 58.8 cm³/mol.